The molecule has 0 radical (unpaired) electrons. The molecule has 0 saturated heterocycles. The van der Waals surface area contributed by atoms with E-state index in [1.54, 1.807) is 23.6 Å². The van der Waals surface area contributed by atoms with Crippen LogP contribution >= 0.6 is 34.5 Å². The van der Waals surface area contributed by atoms with E-state index in [-0.39, 0.29) is 6.04 Å². The first-order valence-corrected chi connectivity index (χ1v) is 12.2. The minimum atomic E-state index is 0.132. The first-order chi connectivity index (χ1) is 15.9. The van der Waals surface area contributed by atoms with Crippen molar-refractivity contribution in [2.24, 2.45) is 4.99 Å². The number of fused-ring (bicyclic) bond motifs is 1. The van der Waals surface area contributed by atoms with E-state index in [9.17, 15) is 0 Å². The number of hydrogen-bond acceptors (Lipinski definition) is 6. The van der Waals surface area contributed by atoms with Crippen LogP contribution < -0.4 is 10.6 Å². The van der Waals surface area contributed by atoms with Gasteiger partial charge < -0.3 is 10.6 Å². The van der Waals surface area contributed by atoms with Crippen LogP contribution in [0.1, 0.15) is 36.6 Å². The summed E-state index contributed by atoms with van der Waals surface area (Å²) >= 11 is 13.9. The first kappa shape index (κ1) is 23.6. The predicted octanol–water partition coefficient (Wildman–Crippen LogP) is 7.59. The van der Waals surface area contributed by atoms with Crippen LogP contribution in [-0.2, 0) is 6.54 Å². The second-order valence-corrected chi connectivity index (χ2v) is 9.53. The van der Waals surface area contributed by atoms with Crippen LogP contribution in [0.4, 0.5) is 11.5 Å². The maximum atomic E-state index is 6.32. The van der Waals surface area contributed by atoms with Crippen LogP contribution in [0.15, 0.2) is 47.5 Å². The molecule has 8 heteroatoms. The van der Waals surface area contributed by atoms with Gasteiger partial charge in [0, 0.05) is 47.0 Å². The minimum absolute atomic E-state index is 0.132. The van der Waals surface area contributed by atoms with Crippen LogP contribution in [0.2, 0.25) is 10.0 Å². The van der Waals surface area contributed by atoms with Crippen molar-refractivity contribution in [3.63, 3.8) is 0 Å². The molecule has 2 aromatic heterocycles. The van der Waals surface area contributed by atoms with Crippen molar-refractivity contribution < 1.29 is 0 Å². The molecule has 0 saturated carbocycles. The van der Waals surface area contributed by atoms with Gasteiger partial charge in [-0.3, -0.25) is 4.99 Å². The van der Waals surface area contributed by atoms with Gasteiger partial charge in [0.15, 0.2) is 5.82 Å². The molecular weight excluding hydrogens is 473 g/mol. The second kappa shape index (κ2) is 10.2. The molecule has 0 aliphatic heterocycles. The maximum absolute atomic E-state index is 6.32. The minimum Gasteiger partial charge on any atom is -0.371 e. The lowest BCUT2D eigenvalue weighted by molar-refractivity contribution is 0.575. The summed E-state index contributed by atoms with van der Waals surface area (Å²) in [5, 5.41) is 8.94. The molecule has 1 atom stereocenters. The smallest absolute Gasteiger partial charge is 0.153 e. The maximum Gasteiger partial charge on any atom is 0.153 e. The highest BCUT2D eigenvalue weighted by atomic mass is 35.5. The number of thiazole rings is 1. The summed E-state index contributed by atoms with van der Waals surface area (Å²) in [6.45, 7) is 6.73. The fourth-order valence-corrected chi connectivity index (χ4v) is 5.12. The Morgan fingerprint density at radius 3 is 2.70 bits per heavy atom. The molecule has 0 spiro atoms. The number of aromatic nitrogens is 2. The topological polar surface area (TPSA) is 62.2 Å². The van der Waals surface area contributed by atoms with Crippen molar-refractivity contribution in [3.05, 3.63) is 69.2 Å². The Kier molecular flexibility index (Phi) is 7.29. The van der Waals surface area contributed by atoms with Crippen molar-refractivity contribution >= 4 is 62.6 Å². The Hall–Kier alpha value is -2.51. The van der Waals surface area contributed by atoms with E-state index in [0.717, 1.165) is 43.6 Å². The average Bonchev–Trinajstić information content (AvgIpc) is 3.25. The summed E-state index contributed by atoms with van der Waals surface area (Å²) in [6.07, 6.45) is 1.78. The number of benzene rings is 2. The van der Waals surface area contributed by atoms with Gasteiger partial charge in [0.25, 0.3) is 0 Å². The molecule has 33 heavy (non-hydrogen) atoms. The summed E-state index contributed by atoms with van der Waals surface area (Å²) in [4.78, 5) is 15.1. The Balaban J connectivity index is 1.61. The molecule has 2 aromatic carbocycles. The van der Waals surface area contributed by atoms with Gasteiger partial charge in [-0.1, -0.05) is 58.8 Å². The lowest BCUT2D eigenvalue weighted by atomic mass is 10.0. The van der Waals surface area contributed by atoms with Crippen LogP contribution in [0.5, 0.6) is 0 Å². The number of rotatable bonds is 7. The van der Waals surface area contributed by atoms with E-state index in [2.05, 4.69) is 46.8 Å². The number of aliphatic imine (C=N–C) groups is 1. The van der Waals surface area contributed by atoms with Crippen LogP contribution in [0, 0.1) is 6.92 Å². The molecule has 0 fully saturated rings. The molecule has 0 amide bonds. The van der Waals surface area contributed by atoms with Gasteiger partial charge in [-0.25, -0.2) is 9.97 Å². The van der Waals surface area contributed by atoms with E-state index in [4.69, 9.17) is 33.2 Å². The normalized spacial score (nSPS) is 12.5. The van der Waals surface area contributed by atoms with Crippen LogP contribution in [0.3, 0.4) is 0 Å². The van der Waals surface area contributed by atoms with E-state index in [1.165, 1.54) is 5.56 Å². The Labute approximate surface area is 207 Å². The number of anilines is 1. The van der Waals surface area contributed by atoms with Gasteiger partial charge in [-0.05, 0) is 50.1 Å². The lowest BCUT2D eigenvalue weighted by Gasteiger charge is -2.16. The summed E-state index contributed by atoms with van der Waals surface area (Å²) in [7, 11) is 1.86. The highest BCUT2D eigenvalue weighted by Crippen LogP contribution is 2.38. The molecule has 0 aliphatic rings. The van der Waals surface area contributed by atoms with Gasteiger partial charge in [-0.15, -0.1) is 0 Å². The highest BCUT2D eigenvalue weighted by molar-refractivity contribution is 7.21. The number of nitrogens with one attached hydrogen (secondary N) is 2. The van der Waals surface area contributed by atoms with E-state index in [1.807, 2.05) is 33.0 Å². The average molecular weight is 498 g/mol. The summed E-state index contributed by atoms with van der Waals surface area (Å²) in [5.74, 6) is 0.765. The number of hydrogen-bond donors (Lipinski definition) is 2. The van der Waals surface area contributed by atoms with Gasteiger partial charge in [0.2, 0.25) is 0 Å². The zero-order valence-corrected chi connectivity index (χ0v) is 21.2. The molecule has 2 N–H and O–H groups in total. The van der Waals surface area contributed by atoms with Crippen LogP contribution in [0.25, 0.3) is 20.9 Å². The number of pyridine rings is 1. The monoisotopic (exact) mass is 497 g/mol. The summed E-state index contributed by atoms with van der Waals surface area (Å²) in [6, 6.07) is 14.2. The van der Waals surface area contributed by atoms with Crippen molar-refractivity contribution in [3.8, 4) is 10.6 Å². The van der Waals surface area contributed by atoms with E-state index >= 15 is 0 Å². The largest absolute Gasteiger partial charge is 0.371 e. The van der Waals surface area contributed by atoms with Crippen molar-refractivity contribution in [1.82, 2.24) is 15.3 Å². The number of aryl methyl sites for hydroxylation is 1. The van der Waals surface area contributed by atoms with E-state index in [0.29, 0.717) is 16.6 Å². The molecule has 0 bridgehead atoms. The fourth-order valence-electron chi connectivity index (χ4n) is 3.65. The van der Waals surface area contributed by atoms with Crippen molar-refractivity contribution in [2.75, 3.05) is 12.4 Å². The molecule has 5 nitrogen and oxygen atoms in total. The van der Waals surface area contributed by atoms with Crippen molar-refractivity contribution in [2.45, 2.75) is 33.4 Å². The van der Waals surface area contributed by atoms with Crippen LogP contribution in [-0.4, -0.2) is 23.2 Å². The van der Waals surface area contributed by atoms with E-state index < -0.39 is 0 Å². The third-order valence-electron chi connectivity index (χ3n) is 5.50. The fraction of sp³-hybridized carbons (Fsp3) is 0.240. The predicted molar refractivity (Wildman–Crippen MR) is 143 cm³/mol. The Morgan fingerprint density at radius 2 is 1.97 bits per heavy atom. The molecule has 4 rings (SSSR count). The van der Waals surface area contributed by atoms with Gasteiger partial charge in [-0.2, -0.15) is 0 Å². The number of halogens is 2. The second-order valence-electron chi connectivity index (χ2n) is 7.71. The van der Waals surface area contributed by atoms with Crippen molar-refractivity contribution in [1.29, 1.82) is 0 Å². The van der Waals surface area contributed by atoms with Gasteiger partial charge in [0.1, 0.15) is 21.0 Å². The molecular formula is C25H25Cl2N5S. The molecule has 1 unspecified atom stereocenters. The lowest BCUT2D eigenvalue weighted by Crippen LogP contribution is -2.18. The number of nitrogens with zero attached hydrogens (tertiary/aromatic N) is 3. The zero-order chi connectivity index (χ0) is 23.5. The molecule has 170 valence electrons. The first-order valence-electron chi connectivity index (χ1n) is 10.7. The summed E-state index contributed by atoms with van der Waals surface area (Å²) < 4.78 is 0. The van der Waals surface area contributed by atoms with Gasteiger partial charge >= 0.3 is 0 Å². The molecule has 4 aromatic rings. The SMILES string of the molecule is CC=Nc1c(NC)nc2sc(-c3cccc(C(C)NCc4ccc(Cl)cc4Cl)c3)nc2c1C. The Morgan fingerprint density at radius 1 is 1.15 bits per heavy atom. The Bertz CT molecular complexity index is 1330. The highest BCUT2D eigenvalue weighted by Gasteiger charge is 2.16. The third-order valence-corrected chi connectivity index (χ3v) is 7.08. The standard InChI is InChI=1S/C25H25Cl2N5S/c1-5-29-21-14(2)22-25(32-23(21)28-4)33-24(31-22)17-8-6-7-16(11-17)15(3)30-13-18-9-10-19(26)12-20(18)27/h5-12,15,30H,13H2,1-4H3,(H,28,32). The molecule has 2 heterocycles. The summed E-state index contributed by atoms with van der Waals surface area (Å²) in [5.41, 5.74) is 6.01. The third kappa shape index (κ3) is 5.04. The molecule has 0 aliphatic carbocycles. The quantitative estimate of drug-likeness (QED) is 0.258. The van der Waals surface area contributed by atoms with Gasteiger partial charge in [0.05, 0.1) is 0 Å². The zero-order valence-electron chi connectivity index (χ0n) is 18.9.